The first-order valence-electron chi connectivity index (χ1n) is 9.64. The molecule has 3 aromatic rings. The van der Waals surface area contributed by atoms with E-state index in [1.54, 1.807) is 16.2 Å². The van der Waals surface area contributed by atoms with Crippen LogP contribution in [0.5, 0.6) is 0 Å². The monoisotopic (exact) mass is 404 g/mol. The second kappa shape index (κ2) is 7.37. The zero-order valence-corrected chi connectivity index (χ0v) is 16.5. The molecule has 0 unspecified atom stereocenters. The van der Waals surface area contributed by atoms with Crippen molar-refractivity contribution in [1.82, 2.24) is 4.90 Å². The molecule has 0 N–H and O–H groups in total. The number of cyclic esters (lactones) is 1. The molecule has 0 bridgehead atoms. The van der Waals surface area contributed by atoms with Crippen LogP contribution < -0.4 is 4.90 Å². The van der Waals surface area contributed by atoms with Crippen molar-refractivity contribution in [3.8, 4) is 0 Å². The Kier molecular flexibility index (Phi) is 4.56. The number of hydrogen-bond acceptors (Lipinski definition) is 4. The van der Waals surface area contributed by atoms with Crippen molar-refractivity contribution in [1.29, 1.82) is 0 Å². The number of thiophene rings is 1. The molecular formula is C23H20N2O3S. The number of nitrogens with zero attached hydrogens (tertiary/aromatic N) is 2. The number of carbonyl (C=O) groups is 2. The van der Waals surface area contributed by atoms with Crippen molar-refractivity contribution in [3.05, 3.63) is 88.6 Å². The number of para-hydroxylation sites is 1. The highest BCUT2D eigenvalue weighted by atomic mass is 32.1. The number of carbonyl (C=O) groups excluding carboxylic acids is 2. The average Bonchev–Trinajstić information content (AvgIpc) is 3.41. The van der Waals surface area contributed by atoms with Crippen molar-refractivity contribution in [2.24, 2.45) is 5.92 Å². The van der Waals surface area contributed by atoms with Gasteiger partial charge in [0.2, 0.25) is 5.91 Å². The van der Waals surface area contributed by atoms with Crippen LogP contribution in [-0.4, -0.2) is 30.1 Å². The molecule has 3 heterocycles. The fourth-order valence-corrected chi connectivity index (χ4v) is 5.08. The highest BCUT2D eigenvalue weighted by Crippen LogP contribution is 2.46. The summed E-state index contributed by atoms with van der Waals surface area (Å²) in [6.45, 7) is 0.666. The minimum atomic E-state index is -0.352. The molecule has 2 aliphatic rings. The standard InChI is InChI=1S/C23H20N2O3S/c26-22-18(14-24-19(15-28-23(24)27)16-8-3-1-4-9-16)21(20-12-7-13-29-20)25(22)17-10-5-2-6-11-17/h1-13,18-19,21H,14-15H2/t18-,19-,21+/m1/s1. The molecule has 0 aliphatic carbocycles. The summed E-state index contributed by atoms with van der Waals surface area (Å²) >= 11 is 1.64. The molecule has 5 nitrogen and oxygen atoms in total. The normalized spacial score (nSPS) is 23.8. The Balaban J connectivity index is 1.44. The van der Waals surface area contributed by atoms with E-state index in [4.69, 9.17) is 4.74 Å². The number of ether oxygens (including phenoxy) is 1. The van der Waals surface area contributed by atoms with Crippen molar-refractivity contribution >= 4 is 29.0 Å². The van der Waals surface area contributed by atoms with E-state index in [2.05, 4.69) is 6.07 Å². The van der Waals surface area contributed by atoms with Crippen LogP contribution in [0.3, 0.4) is 0 Å². The Morgan fingerprint density at radius 2 is 1.66 bits per heavy atom. The minimum Gasteiger partial charge on any atom is -0.447 e. The van der Waals surface area contributed by atoms with Gasteiger partial charge in [0.05, 0.1) is 18.0 Å². The van der Waals surface area contributed by atoms with Crippen molar-refractivity contribution in [2.45, 2.75) is 12.1 Å². The van der Waals surface area contributed by atoms with Gasteiger partial charge in [0.1, 0.15) is 6.61 Å². The van der Waals surface area contributed by atoms with E-state index in [9.17, 15) is 9.59 Å². The maximum atomic E-state index is 13.2. The van der Waals surface area contributed by atoms with Gasteiger partial charge in [-0.25, -0.2) is 4.79 Å². The van der Waals surface area contributed by atoms with Crippen LogP contribution in [-0.2, 0) is 9.53 Å². The van der Waals surface area contributed by atoms with Crippen LogP contribution in [0, 0.1) is 5.92 Å². The lowest BCUT2D eigenvalue weighted by molar-refractivity contribution is -0.131. The Bertz CT molecular complexity index is 1010. The lowest BCUT2D eigenvalue weighted by Crippen LogP contribution is -2.58. The molecule has 0 spiro atoms. The number of β-lactam (4-membered cyclic amide) rings is 1. The van der Waals surface area contributed by atoms with Gasteiger partial charge < -0.3 is 9.64 Å². The molecule has 3 atom stereocenters. The second-order valence-corrected chi connectivity index (χ2v) is 8.25. The molecule has 146 valence electrons. The predicted octanol–water partition coefficient (Wildman–Crippen LogP) is 4.65. The zero-order chi connectivity index (χ0) is 19.8. The van der Waals surface area contributed by atoms with Gasteiger partial charge in [-0.05, 0) is 29.1 Å². The van der Waals surface area contributed by atoms with Gasteiger partial charge in [0, 0.05) is 17.1 Å². The molecule has 2 fully saturated rings. The Hall–Kier alpha value is -3.12. The number of benzene rings is 2. The summed E-state index contributed by atoms with van der Waals surface area (Å²) < 4.78 is 5.34. The molecule has 2 saturated heterocycles. The van der Waals surface area contributed by atoms with E-state index in [-0.39, 0.29) is 30.0 Å². The quantitative estimate of drug-likeness (QED) is 0.582. The highest BCUT2D eigenvalue weighted by Gasteiger charge is 2.51. The van der Waals surface area contributed by atoms with E-state index < -0.39 is 0 Å². The highest BCUT2D eigenvalue weighted by molar-refractivity contribution is 7.10. The summed E-state index contributed by atoms with van der Waals surface area (Å²) in [7, 11) is 0. The second-order valence-electron chi connectivity index (χ2n) is 7.27. The van der Waals surface area contributed by atoms with E-state index in [0.29, 0.717) is 13.2 Å². The third-order valence-corrected chi connectivity index (χ3v) is 6.58. The van der Waals surface area contributed by atoms with Crippen LogP contribution in [0.2, 0.25) is 0 Å². The third kappa shape index (κ3) is 3.09. The van der Waals surface area contributed by atoms with Crippen molar-refractivity contribution in [3.63, 3.8) is 0 Å². The van der Waals surface area contributed by atoms with E-state index >= 15 is 0 Å². The number of hydrogen-bond donors (Lipinski definition) is 0. The first kappa shape index (κ1) is 17.9. The summed E-state index contributed by atoms with van der Waals surface area (Å²) in [5.41, 5.74) is 1.91. The van der Waals surface area contributed by atoms with Crippen molar-refractivity contribution in [2.75, 3.05) is 18.1 Å². The maximum Gasteiger partial charge on any atom is 0.410 e. The fourth-order valence-electron chi connectivity index (χ4n) is 4.20. The van der Waals surface area contributed by atoms with Crippen LogP contribution in [0.4, 0.5) is 10.5 Å². The average molecular weight is 404 g/mol. The van der Waals surface area contributed by atoms with Gasteiger partial charge in [-0.15, -0.1) is 11.3 Å². The van der Waals surface area contributed by atoms with Crippen LogP contribution in [0.15, 0.2) is 78.2 Å². The van der Waals surface area contributed by atoms with Gasteiger partial charge in [0.15, 0.2) is 0 Å². The molecule has 0 saturated carbocycles. The fraction of sp³-hybridized carbons (Fsp3) is 0.217. The largest absolute Gasteiger partial charge is 0.447 e. The SMILES string of the molecule is O=C1OC[C@H](c2ccccc2)N1C[C@H]1C(=O)N(c2ccccc2)[C@@H]1c1cccs1. The molecule has 5 rings (SSSR count). The zero-order valence-electron chi connectivity index (χ0n) is 15.7. The van der Waals surface area contributed by atoms with Crippen LogP contribution >= 0.6 is 11.3 Å². The summed E-state index contributed by atoms with van der Waals surface area (Å²) in [5, 5.41) is 2.02. The van der Waals surface area contributed by atoms with Gasteiger partial charge in [-0.2, -0.15) is 0 Å². The summed E-state index contributed by atoms with van der Waals surface area (Å²) in [5.74, 6) is -0.244. The van der Waals surface area contributed by atoms with E-state index in [1.165, 1.54) is 0 Å². The first-order chi connectivity index (χ1) is 14.2. The Labute approximate surface area is 173 Å². The first-order valence-corrected chi connectivity index (χ1v) is 10.5. The number of rotatable bonds is 5. The number of amides is 2. The van der Waals surface area contributed by atoms with E-state index in [1.807, 2.05) is 77.0 Å². The van der Waals surface area contributed by atoms with Crippen LogP contribution in [0.1, 0.15) is 22.5 Å². The van der Waals surface area contributed by atoms with Gasteiger partial charge in [0.25, 0.3) is 0 Å². The minimum absolute atomic E-state index is 0.0427. The molecule has 2 amide bonds. The van der Waals surface area contributed by atoms with Crippen molar-refractivity contribution < 1.29 is 14.3 Å². The Morgan fingerprint density at radius 1 is 0.931 bits per heavy atom. The number of anilines is 1. The Morgan fingerprint density at radius 3 is 2.34 bits per heavy atom. The molecule has 29 heavy (non-hydrogen) atoms. The lowest BCUT2D eigenvalue weighted by atomic mass is 9.84. The molecule has 2 aliphatic heterocycles. The lowest BCUT2D eigenvalue weighted by Gasteiger charge is -2.48. The topological polar surface area (TPSA) is 49.9 Å². The smallest absolute Gasteiger partial charge is 0.410 e. The summed E-state index contributed by atoms with van der Waals surface area (Å²) in [4.78, 5) is 30.3. The van der Waals surface area contributed by atoms with Gasteiger partial charge in [-0.3, -0.25) is 9.69 Å². The van der Waals surface area contributed by atoms with Gasteiger partial charge >= 0.3 is 6.09 Å². The summed E-state index contributed by atoms with van der Waals surface area (Å²) in [6.07, 6.45) is -0.352. The predicted molar refractivity (Wildman–Crippen MR) is 112 cm³/mol. The molecular weight excluding hydrogens is 384 g/mol. The van der Waals surface area contributed by atoms with Gasteiger partial charge in [-0.1, -0.05) is 54.6 Å². The van der Waals surface area contributed by atoms with Crippen LogP contribution in [0.25, 0.3) is 0 Å². The molecule has 2 aromatic carbocycles. The molecule has 0 radical (unpaired) electrons. The van der Waals surface area contributed by atoms with E-state index in [0.717, 1.165) is 16.1 Å². The third-order valence-electron chi connectivity index (χ3n) is 5.64. The molecule has 1 aromatic heterocycles. The summed E-state index contributed by atoms with van der Waals surface area (Å²) in [6, 6.07) is 23.4. The maximum absolute atomic E-state index is 13.2. The molecule has 6 heteroatoms.